The van der Waals surface area contributed by atoms with Crippen LogP contribution in [0.25, 0.3) is 0 Å². The maximum atomic E-state index is 12.1. The first-order valence-electron chi connectivity index (χ1n) is 5.63. The van der Waals surface area contributed by atoms with Crippen molar-refractivity contribution in [3.05, 3.63) is 40.4 Å². The van der Waals surface area contributed by atoms with Crippen LogP contribution in [-0.2, 0) is 10.1 Å². The highest BCUT2D eigenvalue weighted by Gasteiger charge is 2.30. The van der Waals surface area contributed by atoms with E-state index in [0.29, 0.717) is 0 Å². The normalized spacial score (nSPS) is 11.1. The third-order valence-electron chi connectivity index (χ3n) is 2.60. The van der Waals surface area contributed by atoms with Gasteiger partial charge in [0.2, 0.25) is 11.8 Å². The van der Waals surface area contributed by atoms with Crippen LogP contribution in [0.1, 0.15) is 0 Å². The van der Waals surface area contributed by atoms with Crippen molar-refractivity contribution in [2.45, 2.75) is 4.90 Å². The van der Waals surface area contributed by atoms with Gasteiger partial charge in [-0.05, 0) is 12.1 Å². The summed E-state index contributed by atoms with van der Waals surface area (Å²) in [6.45, 7) is 0. The molecule has 22 heavy (non-hydrogen) atoms. The molecule has 0 bridgehead atoms. The van der Waals surface area contributed by atoms with Crippen molar-refractivity contribution in [2.24, 2.45) is 0 Å². The molecule has 0 aliphatic heterocycles. The van der Waals surface area contributed by atoms with Gasteiger partial charge in [0, 0.05) is 12.1 Å². The van der Waals surface area contributed by atoms with Gasteiger partial charge in [-0.25, -0.2) is 0 Å². The standard InChI is InChI=1S/C11H10N2O8S/c1-20-7-2-3-9(8(6-7)13(16)17)22(18,19)21-12-10(14)4-5-11(12)15/h2-6,14-15H,1H3. The molecule has 0 spiro atoms. The lowest BCUT2D eigenvalue weighted by Gasteiger charge is -2.09. The summed E-state index contributed by atoms with van der Waals surface area (Å²) in [6.07, 6.45) is 0. The van der Waals surface area contributed by atoms with Gasteiger partial charge in [0.1, 0.15) is 5.75 Å². The topological polar surface area (TPSA) is 141 Å². The van der Waals surface area contributed by atoms with Gasteiger partial charge < -0.3 is 14.9 Å². The second kappa shape index (κ2) is 5.44. The van der Waals surface area contributed by atoms with Crippen molar-refractivity contribution in [1.29, 1.82) is 0 Å². The van der Waals surface area contributed by atoms with E-state index in [2.05, 4.69) is 4.28 Å². The molecule has 1 heterocycles. The van der Waals surface area contributed by atoms with Gasteiger partial charge in [-0.1, -0.05) is 4.73 Å². The molecule has 2 aromatic rings. The largest absolute Gasteiger partial charge is 0.497 e. The molecule has 0 atom stereocenters. The molecule has 0 aliphatic carbocycles. The summed E-state index contributed by atoms with van der Waals surface area (Å²) in [4.78, 5) is 9.32. The fourth-order valence-electron chi connectivity index (χ4n) is 1.59. The van der Waals surface area contributed by atoms with Crippen molar-refractivity contribution in [2.75, 3.05) is 7.11 Å². The lowest BCUT2D eigenvalue weighted by atomic mass is 10.3. The lowest BCUT2D eigenvalue weighted by molar-refractivity contribution is -0.388. The van der Waals surface area contributed by atoms with E-state index in [-0.39, 0.29) is 10.5 Å². The van der Waals surface area contributed by atoms with Crippen LogP contribution in [0, 0.1) is 10.1 Å². The molecule has 0 aliphatic rings. The average Bonchev–Trinajstić information content (AvgIpc) is 2.78. The van der Waals surface area contributed by atoms with E-state index in [1.54, 1.807) is 0 Å². The number of aromatic hydroxyl groups is 2. The number of nitro groups is 1. The van der Waals surface area contributed by atoms with Crippen molar-refractivity contribution in [1.82, 2.24) is 4.73 Å². The van der Waals surface area contributed by atoms with E-state index in [4.69, 9.17) is 4.74 Å². The van der Waals surface area contributed by atoms with E-state index in [0.717, 1.165) is 24.3 Å². The van der Waals surface area contributed by atoms with Crippen molar-refractivity contribution >= 4 is 15.8 Å². The first kappa shape index (κ1) is 15.4. The van der Waals surface area contributed by atoms with Crippen molar-refractivity contribution in [3.8, 4) is 17.5 Å². The molecule has 0 amide bonds. The third kappa shape index (κ3) is 2.74. The molecule has 0 radical (unpaired) electrons. The predicted molar refractivity (Wildman–Crippen MR) is 71.2 cm³/mol. The Morgan fingerprint density at radius 3 is 2.27 bits per heavy atom. The first-order valence-corrected chi connectivity index (χ1v) is 7.04. The molecule has 0 saturated carbocycles. The lowest BCUT2D eigenvalue weighted by Crippen LogP contribution is -2.20. The van der Waals surface area contributed by atoms with Crippen LogP contribution >= 0.6 is 0 Å². The number of hydrogen-bond acceptors (Lipinski definition) is 8. The summed E-state index contributed by atoms with van der Waals surface area (Å²) in [5, 5.41) is 29.7. The number of rotatable bonds is 5. The van der Waals surface area contributed by atoms with Crippen LogP contribution in [-0.4, -0.2) is 35.4 Å². The van der Waals surface area contributed by atoms with Crippen LogP contribution in [0.4, 0.5) is 5.69 Å². The zero-order valence-corrected chi connectivity index (χ0v) is 11.8. The number of benzene rings is 1. The maximum Gasteiger partial charge on any atom is 0.364 e. The summed E-state index contributed by atoms with van der Waals surface area (Å²) in [5.41, 5.74) is -0.773. The quantitative estimate of drug-likeness (QED) is 0.600. The number of methoxy groups -OCH3 is 1. The molecule has 1 aromatic heterocycles. The fraction of sp³-hybridized carbons (Fsp3) is 0.0909. The second-order valence-electron chi connectivity index (χ2n) is 3.96. The van der Waals surface area contributed by atoms with Gasteiger partial charge in [-0.2, -0.15) is 8.42 Å². The highest BCUT2D eigenvalue weighted by Crippen LogP contribution is 2.30. The smallest absolute Gasteiger partial charge is 0.364 e. The fourth-order valence-corrected chi connectivity index (χ4v) is 2.65. The van der Waals surface area contributed by atoms with E-state index in [1.165, 1.54) is 13.2 Å². The number of aromatic nitrogens is 1. The molecule has 0 fully saturated rings. The second-order valence-corrected chi connectivity index (χ2v) is 5.46. The molecule has 10 nitrogen and oxygen atoms in total. The van der Waals surface area contributed by atoms with Crippen LogP contribution in [0.15, 0.2) is 35.2 Å². The highest BCUT2D eigenvalue weighted by molar-refractivity contribution is 7.87. The van der Waals surface area contributed by atoms with Crippen LogP contribution in [0.3, 0.4) is 0 Å². The Morgan fingerprint density at radius 2 is 1.77 bits per heavy atom. The number of nitrogens with zero attached hydrogens (tertiary/aromatic N) is 2. The molecule has 0 unspecified atom stereocenters. The summed E-state index contributed by atoms with van der Waals surface area (Å²) < 4.78 is 33.7. The zero-order valence-electron chi connectivity index (χ0n) is 11.0. The van der Waals surface area contributed by atoms with E-state index >= 15 is 0 Å². The van der Waals surface area contributed by atoms with E-state index in [1.807, 2.05) is 0 Å². The monoisotopic (exact) mass is 330 g/mol. The zero-order chi connectivity index (χ0) is 16.5. The van der Waals surface area contributed by atoms with E-state index in [9.17, 15) is 28.7 Å². The minimum Gasteiger partial charge on any atom is -0.497 e. The van der Waals surface area contributed by atoms with Gasteiger partial charge in [-0.3, -0.25) is 14.4 Å². The summed E-state index contributed by atoms with van der Waals surface area (Å²) in [5.74, 6) is -1.31. The third-order valence-corrected chi connectivity index (χ3v) is 3.83. The van der Waals surface area contributed by atoms with Crippen molar-refractivity contribution < 1.29 is 32.6 Å². The Kier molecular flexibility index (Phi) is 3.82. The Morgan fingerprint density at radius 1 is 1.18 bits per heavy atom. The number of hydrogen-bond donors (Lipinski definition) is 2. The minimum absolute atomic E-state index is 0.0808. The highest BCUT2D eigenvalue weighted by atomic mass is 32.2. The molecule has 2 rings (SSSR count). The maximum absolute atomic E-state index is 12.1. The molecule has 1 aromatic carbocycles. The molecular formula is C11H10N2O8S. The summed E-state index contributed by atoms with van der Waals surface area (Å²) in [6, 6.07) is 4.98. The summed E-state index contributed by atoms with van der Waals surface area (Å²) in [7, 11) is -3.42. The number of ether oxygens (including phenoxy) is 1. The van der Waals surface area contributed by atoms with Crippen LogP contribution in [0.5, 0.6) is 17.5 Å². The van der Waals surface area contributed by atoms with Crippen molar-refractivity contribution in [3.63, 3.8) is 0 Å². The molecule has 2 N–H and O–H groups in total. The SMILES string of the molecule is COc1ccc(S(=O)(=O)On2c(O)ccc2O)c([N+](=O)[O-])c1. The Balaban J connectivity index is 2.52. The molecule has 11 heteroatoms. The Labute approximate surface area is 124 Å². The Hall–Kier alpha value is -2.95. The van der Waals surface area contributed by atoms with E-state index < -0.39 is 37.4 Å². The first-order chi connectivity index (χ1) is 10.3. The van der Waals surface area contributed by atoms with Crippen LogP contribution in [0.2, 0.25) is 0 Å². The van der Waals surface area contributed by atoms with Gasteiger partial charge in [0.15, 0.2) is 4.90 Å². The minimum atomic E-state index is -4.68. The van der Waals surface area contributed by atoms with Gasteiger partial charge in [0.05, 0.1) is 18.1 Å². The Bertz CT molecular complexity index is 807. The van der Waals surface area contributed by atoms with Crippen LogP contribution < -0.4 is 9.02 Å². The number of nitro benzene ring substituents is 1. The summed E-state index contributed by atoms with van der Waals surface area (Å²) >= 11 is 0. The molecule has 0 saturated heterocycles. The van der Waals surface area contributed by atoms with Gasteiger partial charge in [0.25, 0.3) is 5.69 Å². The molecule has 118 valence electrons. The van der Waals surface area contributed by atoms with Gasteiger partial charge >= 0.3 is 10.1 Å². The average molecular weight is 330 g/mol. The molecular weight excluding hydrogens is 320 g/mol. The van der Waals surface area contributed by atoms with Gasteiger partial charge in [-0.15, -0.1) is 0 Å². The predicted octanol–water partition coefficient (Wildman–Crippen LogP) is 0.634.